The van der Waals surface area contributed by atoms with Crippen LogP contribution in [0.5, 0.6) is 0 Å². The largest absolute Gasteiger partial charge is 0.416 e. The number of hydrogen-bond acceptors (Lipinski definition) is 2. The second-order valence-electron chi connectivity index (χ2n) is 4.96. The fourth-order valence-corrected chi connectivity index (χ4v) is 1.88. The van der Waals surface area contributed by atoms with Gasteiger partial charge in [0.05, 0.1) is 12.2 Å². The Kier molecular flexibility index (Phi) is 4.34. The first kappa shape index (κ1) is 15.5. The summed E-state index contributed by atoms with van der Waals surface area (Å²) in [4.78, 5) is 0. The highest BCUT2D eigenvalue weighted by Gasteiger charge is 2.30. The third kappa shape index (κ3) is 4.06. The fourth-order valence-electron chi connectivity index (χ4n) is 1.88. The van der Waals surface area contributed by atoms with Crippen LogP contribution in [0.2, 0.25) is 0 Å². The van der Waals surface area contributed by atoms with E-state index < -0.39 is 17.5 Å². The average molecular weight is 295 g/mol. The number of rotatable bonds is 4. The third-order valence-corrected chi connectivity index (χ3v) is 3.17. The molecule has 0 fully saturated rings. The summed E-state index contributed by atoms with van der Waals surface area (Å²) in [6.07, 6.45) is -4.33. The molecule has 2 aromatic carbocycles. The zero-order chi connectivity index (χ0) is 15.5. The first-order valence-corrected chi connectivity index (χ1v) is 6.43. The molecule has 0 saturated heterocycles. The lowest BCUT2D eigenvalue weighted by molar-refractivity contribution is -0.137. The average Bonchev–Trinajstić information content (AvgIpc) is 2.46. The van der Waals surface area contributed by atoms with Gasteiger partial charge in [-0.25, -0.2) is 0 Å². The molecule has 5 heteroatoms. The maximum atomic E-state index is 12.5. The van der Waals surface area contributed by atoms with Crippen LogP contribution in [0.15, 0.2) is 54.6 Å². The molecule has 0 spiro atoms. The first-order valence-electron chi connectivity index (χ1n) is 6.43. The maximum Gasteiger partial charge on any atom is 0.416 e. The third-order valence-electron chi connectivity index (χ3n) is 3.17. The van der Waals surface area contributed by atoms with Crippen LogP contribution in [0, 0.1) is 0 Å². The zero-order valence-corrected chi connectivity index (χ0v) is 11.5. The summed E-state index contributed by atoms with van der Waals surface area (Å²) in [7, 11) is 0. The SMILES string of the molecule is CC(N)(OCc1ccc(C(F)(F)F)cc1)c1ccccc1. The number of halogens is 3. The van der Waals surface area contributed by atoms with Crippen molar-refractivity contribution in [2.24, 2.45) is 5.73 Å². The van der Waals surface area contributed by atoms with Crippen LogP contribution >= 0.6 is 0 Å². The molecule has 1 unspecified atom stereocenters. The van der Waals surface area contributed by atoms with E-state index in [0.29, 0.717) is 5.56 Å². The van der Waals surface area contributed by atoms with Crippen molar-refractivity contribution in [3.05, 3.63) is 71.3 Å². The van der Waals surface area contributed by atoms with E-state index in [1.54, 1.807) is 6.92 Å². The molecule has 0 aliphatic heterocycles. The second-order valence-corrected chi connectivity index (χ2v) is 4.96. The topological polar surface area (TPSA) is 35.2 Å². The Morgan fingerprint density at radius 1 is 0.905 bits per heavy atom. The van der Waals surface area contributed by atoms with E-state index in [9.17, 15) is 13.2 Å². The summed E-state index contributed by atoms with van der Waals surface area (Å²) < 4.78 is 43.0. The van der Waals surface area contributed by atoms with Crippen LogP contribution in [-0.2, 0) is 23.2 Å². The van der Waals surface area contributed by atoms with E-state index in [4.69, 9.17) is 10.5 Å². The smallest absolute Gasteiger partial charge is 0.352 e. The molecule has 0 saturated carbocycles. The number of benzene rings is 2. The van der Waals surface area contributed by atoms with E-state index in [1.165, 1.54) is 12.1 Å². The normalized spacial score (nSPS) is 14.7. The quantitative estimate of drug-likeness (QED) is 0.864. The van der Waals surface area contributed by atoms with Crippen LogP contribution in [0.4, 0.5) is 13.2 Å². The van der Waals surface area contributed by atoms with E-state index in [1.807, 2.05) is 30.3 Å². The number of nitrogens with two attached hydrogens (primary N) is 1. The molecule has 0 amide bonds. The lowest BCUT2D eigenvalue weighted by Gasteiger charge is -2.25. The molecule has 2 aromatic rings. The highest BCUT2D eigenvalue weighted by atomic mass is 19.4. The molecule has 0 aliphatic carbocycles. The molecule has 0 heterocycles. The second kappa shape index (κ2) is 5.87. The van der Waals surface area contributed by atoms with Crippen molar-refractivity contribution in [3.63, 3.8) is 0 Å². The minimum Gasteiger partial charge on any atom is -0.352 e. The summed E-state index contributed by atoms with van der Waals surface area (Å²) in [5, 5.41) is 0. The summed E-state index contributed by atoms with van der Waals surface area (Å²) in [6, 6.07) is 14.1. The first-order chi connectivity index (χ1) is 9.79. The van der Waals surface area contributed by atoms with Gasteiger partial charge in [-0.05, 0) is 30.2 Å². The van der Waals surface area contributed by atoms with Gasteiger partial charge in [-0.15, -0.1) is 0 Å². The minimum absolute atomic E-state index is 0.139. The van der Waals surface area contributed by atoms with Crippen molar-refractivity contribution in [2.45, 2.75) is 25.4 Å². The lowest BCUT2D eigenvalue weighted by Crippen LogP contribution is -2.36. The van der Waals surface area contributed by atoms with Gasteiger partial charge in [-0.2, -0.15) is 13.2 Å². The van der Waals surface area contributed by atoms with Crippen LogP contribution < -0.4 is 5.73 Å². The molecule has 0 radical (unpaired) electrons. The fraction of sp³-hybridized carbons (Fsp3) is 0.250. The van der Waals surface area contributed by atoms with Gasteiger partial charge >= 0.3 is 6.18 Å². The summed E-state index contributed by atoms with van der Waals surface area (Å²) in [5.74, 6) is 0. The van der Waals surface area contributed by atoms with E-state index >= 15 is 0 Å². The molecule has 21 heavy (non-hydrogen) atoms. The lowest BCUT2D eigenvalue weighted by atomic mass is 10.1. The Morgan fingerprint density at radius 2 is 1.48 bits per heavy atom. The van der Waals surface area contributed by atoms with Gasteiger partial charge in [0.15, 0.2) is 0 Å². The molecule has 1 atom stereocenters. The summed E-state index contributed by atoms with van der Waals surface area (Å²) in [6.45, 7) is 1.85. The molecule has 2 rings (SSSR count). The van der Waals surface area contributed by atoms with Crippen LogP contribution in [0.25, 0.3) is 0 Å². The van der Waals surface area contributed by atoms with Crippen molar-refractivity contribution >= 4 is 0 Å². The highest BCUT2D eigenvalue weighted by Crippen LogP contribution is 2.29. The van der Waals surface area contributed by atoms with Crippen LogP contribution in [0.1, 0.15) is 23.6 Å². The van der Waals surface area contributed by atoms with E-state index in [0.717, 1.165) is 17.7 Å². The van der Waals surface area contributed by atoms with Gasteiger partial charge in [0, 0.05) is 0 Å². The van der Waals surface area contributed by atoms with Crippen molar-refractivity contribution in [2.75, 3.05) is 0 Å². The standard InChI is InChI=1S/C16H16F3NO/c1-15(20,13-5-3-2-4-6-13)21-11-12-7-9-14(10-8-12)16(17,18)19/h2-10H,11,20H2,1H3. The Hall–Kier alpha value is -1.85. The maximum absolute atomic E-state index is 12.5. The van der Waals surface area contributed by atoms with Gasteiger partial charge in [0.2, 0.25) is 0 Å². The number of alkyl halides is 3. The Labute approximate surface area is 121 Å². The van der Waals surface area contributed by atoms with Gasteiger partial charge in [-0.3, -0.25) is 5.73 Å². The molecule has 2 nitrogen and oxygen atoms in total. The molecule has 2 N–H and O–H groups in total. The van der Waals surface area contributed by atoms with Crippen LogP contribution in [-0.4, -0.2) is 0 Å². The minimum atomic E-state index is -4.33. The monoisotopic (exact) mass is 295 g/mol. The Morgan fingerprint density at radius 3 is 2.00 bits per heavy atom. The van der Waals surface area contributed by atoms with Gasteiger partial charge in [0.25, 0.3) is 0 Å². The van der Waals surface area contributed by atoms with Crippen LogP contribution in [0.3, 0.4) is 0 Å². The van der Waals surface area contributed by atoms with E-state index in [2.05, 4.69) is 0 Å². The number of ether oxygens (including phenoxy) is 1. The summed E-state index contributed by atoms with van der Waals surface area (Å²) >= 11 is 0. The molecular formula is C16H16F3NO. The summed E-state index contributed by atoms with van der Waals surface area (Å²) in [5.41, 5.74) is 5.85. The van der Waals surface area contributed by atoms with Crippen molar-refractivity contribution in [1.29, 1.82) is 0 Å². The van der Waals surface area contributed by atoms with Gasteiger partial charge < -0.3 is 4.74 Å². The molecule has 0 bridgehead atoms. The van der Waals surface area contributed by atoms with Gasteiger partial charge in [-0.1, -0.05) is 42.5 Å². The highest BCUT2D eigenvalue weighted by molar-refractivity contribution is 5.25. The molecule has 0 aliphatic rings. The molecule has 112 valence electrons. The predicted molar refractivity (Wildman–Crippen MR) is 74.2 cm³/mol. The van der Waals surface area contributed by atoms with E-state index in [-0.39, 0.29) is 6.61 Å². The van der Waals surface area contributed by atoms with Crippen molar-refractivity contribution in [1.82, 2.24) is 0 Å². The van der Waals surface area contributed by atoms with Gasteiger partial charge in [0.1, 0.15) is 5.72 Å². The van der Waals surface area contributed by atoms with Crippen molar-refractivity contribution < 1.29 is 17.9 Å². The number of hydrogen-bond donors (Lipinski definition) is 1. The molecule has 0 aromatic heterocycles. The predicted octanol–water partition coefficient (Wildman–Crippen LogP) is 4.05. The zero-order valence-electron chi connectivity index (χ0n) is 11.5. The molecular weight excluding hydrogens is 279 g/mol. The Bertz CT molecular complexity index is 577. The van der Waals surface area contributed by atoms with Crippen molar-refractivity contribution in [3.8, 4) is 0 Å². The Balaban J connectivity index is 2.03.